The molecule has 0 bridgehead atoms. The summed E-state index contributed by atoms with van der Waals surface area (Å²) < 4.78 is 56.1. The van der Waals surface area contributed by atoms with Crippen molar-refractivity contribution in [3.63, 3.8) is 0 Å². The van der Waals surface area contributed by atoms with E-state index in [1.54, 1.807) is 6.07 Å². The standard InChI is InChI=1S/C24H21F4N7O/c1-14-7-18(24(26,27)28)17(13-30-14)23(36)33-20-8-16(15-11-31-22(10-29)32-12-15)19(25)9-21(20)35-5-3-34(2)4-6-35/h7-9,11-13,30H,1,3-6H2,2H3,(H,33,36). The Kier molecular flexibility index (Phi) is 6.76. The molecule has 1 aromatic carbocycles. The number of amides is 1. The lowest BCUT2D eigenvalue weighted by Gasteiger charge is -2.35. The van der Waals surface area contributed by atoms with Gasteiger partial charge in [-0.2, -0.15) is 18.4 Å². The van der Waals surface area contributed by atoms with Crippen molar-refractivity contribution in [2.24, 2.45) is 0 Å². The maximum atomic E-state index is 15.2. The van der Waals surface area contributed by atoms with E-state index in [-0.39, 0.29) is 28.3 Å². The average molecular weight is 499 g/mol. The van der Waals surface area contributed by atoms with Gasteiger partial charge in [-0.1, -0.05) is 6.58 Å². The molecular weight excluding hydrogens is 478 g/mol. The number of dihydropyridines is 1. The molecule has 0 unspecified atom stereocenters. The van der Waals surface area contributed by atoms with Crippen molar-refractivity contribution in [3.8, 4) is 17.2 Å². The van der Waals surface area contributed by atoms with Crippen LogP contribution in [0.15, 0.2) is 60.2 Å². The lowest BCUT2D eigenvalue weighted by Crippen LogP contribution is -2.44. The number of nitrogens with one attached hydrogen (secondary N) is 2. The smallest absolute Gasteiger partial charge is 0.367 e. The third-order valence-corrected chi connectivity index (χ3v) is 5.80. The highest BCUT2D eigenvalue weighted by atomic mass is 19.4. The van der Waals surface area contributed by atoms with Gasteiger partial charge in [0.05, 0.1) is 22.5 Å². The molecule has 1 fully saturated rings. The summed E-state index contributed by atoms with van der Waals surface area (Å²) in [7, 11) is 1.94. The molecule has 0 aliphatic carbocycles. The number of alkyl halides is 3. The number of allylic oxidation sites excluding steroid dienone is 1. The van der Waals surface area contributed by atoms with Crippen LogP contribution in [0.25, 0.3) is 11.1 Å². The summed E-state index contributed by atoms with van der Waals surface area (Å²) in [6.07, 6.45) is -0.582. The Morgan fingerprint density at radius 2 is 1.86 bits per heavy atom. The van der Waals surface area contributed by atoms with Gasteiger partial charge >= 0.3 is 6.18 Å². The zero-order valence-electron chi connectivity index (χ0n) is 19.2. The van der Waals surface area contributed by atoms with Crippen molar-refractivity contribution in [3.05, 3.63) is 71.9 Å². The van der Waals surface area contributed by atoms with Crippen molar-refractivity contribution in [1.82, 2.24) is 20.2 Å². The third-order valence-electron chi connectivity index (χ3n) is 5.80. The van der Waals surface area contributed by atoms with Gasteiger partial charge in [0, 0.05) is 61.6 Å². The van der Waals surface area contributed by atoms with Crippen molar-refractivity contribution < 1.29 is 22.4 Å². The van der Waals surface area contributed by atoms with Crippen molar-refractivity contribution >= 4 is 17.3 Å². The quantitative estimate of drug-likeness (QED) is 0.623. The Morgan fingerprint density at radius 1 is 1.19 bits per heavy atom. The van der Waals surface area contributed by atoms with Gasteiger partial charge in [0.1, 0.15) is 11.9 Å². The number of carbonyl (C=O) groups is 1. The molecule has 1 aromatic heterocycles. The summed E-state index contributed by atoms with van der Waals surface area (Å²) in [6, 6.07) is 4.33. The van der Waals surface area contributed by atoms with E-state index in [9.17, 15) is 18.0 Å². The van der Waals surface area contributed by atoms with Gasteiger partial charge in [0.2, 0.25) is 5.82 Å². The molecule has 186 valence electrons. The Balaban J connectivity index is 1.75. The number of piperazine rings is 1. The Labute approximate surface area is 204 Å². The van der Waals surface area contributed by atoms with E-state index < -0.39 is 29.0 Å². The molecule has 2 N–H and O–H groups in total. The number of benzene rings is 1. The molecular formula is C24H21F4N7O. The largest absolute Gasteiger partial charge is 0.417 e. The van der Waals surface area contributed by atoms with Gasteiger partial charge in [0.15, 0.2) is 0 Å². The summed E-state index contributed by atoms with van der Waals surface area (Å²) in [6.45, 7) is 5.86. The molecule has 0 radical (unpaired) electrons. The predicted molar refractivity (Wildman–Crippen MR) is 125 cm³/mol. The first-order valence-corrected chi connectivity index (χ1v) is 10.8. The second kappa shape index (κ2) is 9.79. The summed E-state index contributed by atoms with van der Waals surface area (Å²) in [5, 5.41) is 14.0. The van der Waals surface area contributed by atoms with Gasteiger partial charge in [-0.15, -0.1) is 0 Å². The van der Waals surface area contributed by atoms with Gasteiger partial charge in [0.25, 0.3) is 5.91 Å². The second-order valence-corrected chi connectivity index (χ2v) is 8.28. The number of carbonyl (C=O) groups excluding carboxylic acids is 1. The molecule has 2 aliphatic heterocycles. The van der Waals surface area contributed by atoms with Gasteiger partial charge in [-0.05, 0) is 25.3 Å². The van der Waals surface area contributed by atoms with Gasteiger partial charge < -0.3 is 20.4 Å². The van der Waals surface area contributed by atoms with Crippen LogP contribution >= 0.6 is 0 Å². The van der Waals surface area contributed by atoms with E-state index >= 15 is 4.39 Å². The van der Waals surface area contributed by atoms with E-state index in [1.165, 1.54) is 24.5 Å². The van der Waals surface area contributed by atoms with Crippen molar-refractivity contribution in [2.45, 2.75) is 6.18 Å². The monoisotopic (exact) mass is 499 g/mol. The molecule has 0 atom stereocenters. The highest BCUT2D eigenvalue weighted by Crippen LogP contribution is 2.37. The van der Waals surface area contributed by atoms with E-state index in [1.807, 2.05) is 11.9 Å². The first-order valence-electron chi connectivity index (χ1n) is 10.8. The summed E-state index contributed by atoms with van der Waals surface area (Å²) in [4.78, 5) is 24.7. The molecule has 1 saturated heterocycles. The number of nitrogens with zero attached hydrogens (tertiary/aromatic N) is 5. The molecule has 2 aliphatic rings. The minimum Gasteiger partial charge on any atom is -0.367 e. The number of nitriles is 1. The minimum atomic E-state index is -4.79. The van der Waals surface area contributed by atoms with Gasteiger partial charge in [-0.3, -0.25) is 4.79 Å². The van der Waals surface area contributed by atoms with Crippen LogP contribution in [0.3, 0.4) is 0 Å². The zero-order valence-corrected chi connectivity index (χ0v) is 19.2. The summed E-state index contributed by atoms with van der Waals surface area (Å²) in [5.41, 5.74) is -1.09. The zero-order chi connectivity index (χ0) is 26.0. The fourth-order valence-electron chi connectivity index (χ4n) is 3.87. The van der Waals surface area contributed by atoms with E-state index in [0.29, 0.717) is 31.9 Å². The molecule has 4 rings (SSSR count). The molecule has 2 aromatic rings. The van der Waals surface area contributed by atoms with Crippen LogP contribution in [0, 0.1) is 17.1 Å². The minimum absolute atomic E-state index is 0.0121. The summed E-state index contributed by atoms with van der Waals surface area (Å²) in [5.74, 6) is -1.77. The molecule has 8 nitrogen and oxygen atoms in total. The number of likely N-dealkylation sites (N-methyl/N-ethyl adjacent to an activating group) is 1. The van der Waals surface area contributed by atoms with Crippen molar-refractivity contribution in [2.75, 3.05) is 43.4 Å². The first kappa shape index (κ1) is 24.9. The Hall–Kier alpha value is -4.24. The average Bonchev–Trinajstić information content (AvgIpc) is 2.85. The second-order valence-electron chi connectivity index (χ2n) is 8.28. The van der Waals surface area contributed by atoms with Crippen molar-refractivity contribution in [1.29, 1.82) is 5.26 Å². The SMILES string of the molecule is C=C1C=C(C(F)(F)F)C(C(=O)Nc2cc(-c3cnc(C#N)nc3)c(F)cc2N2CCN(C)CC2)=CN1. The number of halogens is 4. The van der Waals surface area contributed by atoms with Crippen LogP contribution in [0.2, 0.25) is 0 Å². The lowest BCUT2D eigenvalue weighted by molar-refractivity contribution is -0.115. The van der Waals surface area contributed by atoms with Crippen LogP contribution in [-0.4, -0.2) is 60.2 Å². The number of hydrogen-bond acceptors (Lipinski definition) is 7. The van der Waals surface area contributed by atoms with Crippen LogP contribution in [-0.2, 0) is 4.79 Å². The number of aromatic nitrogens is 2. The maximum absolute atomic E-state index is 15.2. The Morgan fingerprint density at radius 3 is 2.47 bits per heavy atom. The van der Waals surface area contributed by atoms with E-state index in [2.05, 4.69) is 32.1 Å². The molecule has 1 amide bonds. The molecule has 36 heavy (non-hydrogen) atoms. The number of anilines is 2. The third kappa shape index (κ3) is 5.21. The molecule has 12 heteroatoms. The van der Waals surface area contributed by atoms with Crippen LogP contribution in [0.1, 0.15) is 5.82 Å². The van der Waals surface area contributed by atoms with Gasteiger partial charge in [-0.25, -0.2) is 14.4 Å². The normalized spacial score (nSPS) is 16.6. The predicted octanol–water partition coefficient (Wildman–Crippen LogP) is 3.33. The fourth-order valence-corrected chi connectivity index (χ4v) is 3.87. The molecule has 0 spiro atoms. The molecule has 0 saturated carbocycles. The van der Waals surface area contributed by atoms with E-state index in [4.69, 9.17) is 5.26 Å². The number of hydrogen-bond donors (Lipinski definition) is 2. The highest BCUT2D eigenvalue weighted by molar-refractivity contribution is 6.09. The van der Waals surface area contributed by atoms with Crippen LogP contribution < -0.4 is 15.5 Å². The van der Waals surface area contributed by atoms with E-state index in [0.717, 1.165) is 12.3 Å². The fraction of sp³-hybridized carbons (Fsp3) is 0.250. The topological polar surface area (TPSA) is 97.2 Å². The summed E-state index contributed by atoms with van der Waals surface area (Å²) >= 11 is 0. The Bertz CT molecular complexity index is 1300. The lowest BCUT2D eigenvalue weighted by atomic mass is 10.0. The number of rotatable bonds is 4. The maximum Gasteiger partial charge on any atom is 0.417 e. The highest BCUT2D eigenvalue weighted by Gasteiger charge is 2.40. The van der Waals surface area contributed by atoms with Crippen LogP contribution in [0.4, 0.5) is 28.9 Å². The molecule has 3 heterocycles. The van der Waals surface area contributed by atoms with Crippen LogP contribution in [0.5, 0.6) is 0 Å². The first-order chi connectivity index (χ1) is 17.1.